The van der Waals surface area contributed by atoms with Crippen molar-refractivity contribution < 1.29 is 18.3 Å². The molecular weight excluding hydrogens is 397 g/mol. The first-order chi connectivity index (χ1) is 11.1. The Kier molecular flexibility index (Phi) is 5.65. The molecule has 0 fully saturated rings. The normalized spacial score (nSPS) is 12.7. The van der Waals surface area contributed by atoms with Gasteiger partial charge in [0.1, 0.15) is 10.9 Å². The Labute approximate surface area is 154 Å². The van der Waals surface area contributed by atoms with Crippen molar-refractivity contribution in [2.24, 2.45) is 0 Å². The van der Waals surface area contributed by atoms with E-state index in [1.807, 2.05) is 0 Å². The minimum Gasteiger partial charge on any atom is -0.480 e. The summed E-state index contributed by atoms with van der Waals surface area (Å²) in [6.07, 6.45) is 0. The summed E-state index contributed by atoms with van der Waals surface area (Å²) in [4.78, 5) is 11.1. The fraction of sp³-hybridized carbons (Fsp3) is 0.133. The van der Waals surface area contributed by atoms with E-state index in [-0.39, 0.29) is 20.6 Å². The fourth-order valence-electron chi connectivity index (χ4n) is 2.04. The number of anilines is 1. The van der Waals surface area contributed by atoms with Crippen LogP contribution in [0, 0.1) is 0 Å². The second-order valence-corrected chi connectivity index (χ2v) is 7.93. The first-order valence-electron chi connectivity index (χ1n) is 6.62. The highest BCUT2D eigenvalue weighted by Gasteiger charge is 2.34. The van der Waals surface area contributed by atoms with Gasteiger partial charge in [-0.15, -0.1) is 0 Å². The minimum absolute atomic E-state index is 0.0593. The lowest BCUT2D eigenvalue weighted by atomic mass is 10.2. The molecule has 9 heteroatoms. The molecule has 0 aliphatic rings. The molecule has 0 aliphatic heterocycles. The van der Waals surface area contributed by atoms with E-state index in [0.29, 0.717) is 5.02 Å². The highest BCUT2D eigenvalue weighted by molar-refractivity contribution is 7.93. The summed E-state index contributed by atoms with van der Waals surface area (Å²) in [5.41, 5.74) is 0.144. The van der Waals surface area contributed by atoms with E-state index in [0.717, 1.165) is 4.31 Å². The molecular formula is C15H12Cl3NO4S. The molecule has 0 radical (unpaired) electrons. The van der Waals surface area contributed by atoms with Crippen LogP contribution in [-0.4, -0.2) is 25.5 Å². The van der Waals surface area contributed by atoms with Crippen LogP contribution >= 0.6 is 34.8 Å². The van der Waals surface area contributed by atoms with Gasteiger partial charge in [0.25, 0.3) is 10.0 Å². The largest absolute Gasteiger partial charge is 0.480 e. The molecule has 0 saturated heterocycles. The van der Waals surface area contributed by atoms with Crippen LogP contribution in [0.2, 0.25) is 15.1 Å². The summed E-state index contributed by atoms with van der Waals surface area (Å²) >= 11 is 17.7. The Morgan fingerprint density at radius 1 is 1.04 bits per heavy atom. The van der Waals surface area contributed by atoms with Crippen molar-refractivity contribution in [3.63, 3.8) is 0 Å². The molecule has 0 heterocycles. The monoisotopic (exact) mass is 407 g/mol. The number of aliphatic carboxylic acids is 1. The zero-order valence-electron chi connectivity index (χ0n) is 12.3. The molecule has 2 aromatic carbocycles. The maximum absolute atomic E-state index is 13.0. The Balaban J connectivity index is 2.67. The van der Waals surface area contributed by atoms with E-state index in [2.05, 4.69) is 0 Å². The molecule has 1 atom stereocenters. The maximum atomic E-state index is 13.0. The van der Waals surface area contributed by atoms with Crippen molar-refractivity contribution in [2.75, 3.05) is 4.31 Å². The van der Waals surface area contributed by atoms with E-state index >= 15 is 0 Å². The zero-order valence-corrected chi connectivity index (χ0v) is 15.4. The molecule has 2 rings (SSSR count). The van der Waals surface area contributed by atoms with Crippen molar-refractivity contribution in [1.82, 2.24) is 0 Å². The number of nitrogens with zero attached hydrogens (tertiary/aromatic N) is 1. The molecule has 0 bridgehead atoms. The standard InChI is InChI=1S/C15H12Cl3NO4S/c1-9(15(20)21)19(12-5-2-10(16)3-6-12)24(22,23)14-8-11(17)4-7-13(14)18/h2-9H,1H3,(H,20,21). The lowest BCUT2D eigenvalue weighted by molar-refractivity contribution is -0.137. The number of hydrogen-bond donors (Lipinski definition) is 1. The molecule has 0 saturated carbocycles. The Hall–Kier alpha value is -1.47. The van der Waals surface area contributed by atoms with Gasteiger partial charge < -0.3 is 5.11 Å². The molecule has 0 aromatic heterocycles. The first-order valence-corrected chi connectivity index (χ1v) is 9.20. The van der Waals surface area contributed by atoms with Gasteiger partial charge in [-0.2, -0.15) is 0 Å². The van der Waals surface area contributed by atoms with Crippen molar-refractivity contribution in [3.05, 3.63) is 57.5 Å². The predicted molar refractivity (Wildman–Crippen MR) is 94.7 cm³/mol. The minimum atomic E-state index is -4.27. The van der Waals surface area contributed by atoms with Gasteiger partial charge in [0, 0.05) is 10.0 Å². The lowest BCUT2D eigenvalue weighted by Gasteiger charge is -2.28. The maximum Gasteiger partial charge on any atom is 0.327 e. The molecule has 24 heavy (non-hydrogen) atoms. The number of carboxylic acids is 1. The molecule has 128 valence electrons. The molecule has 5 nitrogen and oxygen atoms in total. The summed E-state index contributed by atoms with van der Waals surface area (Å²) in [6, 6.07) is 8.34. The summed E-state index contributed by atoms with van der Waals surface area (Å²) in [7, 11) is -4.27. The predicted octanol–water partition coefficient (Wildman–Crippen LogP) is 4.32. The van der Waals surface area contributed by atoms with Crippen LogP contribution in [0.25, 0.3) is 0 Å². The van der Waals surface area contributed by atoms with Crippen molar-refractivity contribution in [1.29, 1.82) is 0 Å². The highest BCUT2D eigenvalue weighted by atomic mass is 35.5. The average Bonchev–Trinajstić information content (AvgIpc) is 2.51. The van der Waals surface area contributed by atoms with Gasteiger partial charge in [0.15, 0.2) is 0 Å². The van der Waals surface area contributed by atoms with Gasteiger partial charge in [-0.1, -0.05) is 34.8 Å². The molecule has 2 aromatic rings. The van der Waals surface area contributed by atoms with Crippen LogP contribution in [-0.2, 0) is 14.8 Å². The van der Waals surface area contributed by atoms with E-state index in [1.54, 1.807) is 0 Å². The highest BCUT2D eigenvalue weighted by Crippen LogP contribution is 2.32. The topological polar surface area (TPSA) is 74.7 Å². The third-order valence-electron chi connectivity index (χ3n) is 3.22. The lowest BCUT2D eigenvalue weighted by Crippen LogP contribution is -2.43. The van der Waals surface area contributed by atoms with Crippen LogP contribution in [0.3, 0.4) is 0 Å². The average molecular weight is 409 g/mol. The van der Waals surface area contributed by atoms with Gasteiger partial charge in [0.2, 0.25) is 0 Å². The number of carboxylic acid groups (broad SMARTS) is 1. The second kappa shape index (κ2) is 7.19. The van der Waals surface area contributed by atoms with E-state index < -0.39 is 22.0 Å². The molecule has 1 unspecified atom stereocenters. The van der Waals surface area contributed by atoms with Crippen molar-refractivity contribution >= 4 is 56.5 Å². The van der Waals surface area contributed by atoms with Crippen LogP contribution < -0.4 is 4.31 Å². The zero-order chi connectivity index (χ0) is 18.1. The number of rotatable bonds is 5. The molecule has 0 spiro atoms. The van der Waals surface area contributed by atoms with E-state index in [9.17, 15) is 18.3 Å². The smallest absolute Gasteiger partial charge is 0.327 e. The Morgan fingerprint density at radius 3 is 2.12 bits per heavy atom. The van der Waals surface area contributed by atoms with Crippen LogP contribution in [0.5, 0.6) is 0 Å². The number of sulfonamides is 1. The number of hydrogen-bond acceptors (Lipinski definition) is 3. The third kappa shape index (κ3) is 3.78. The number of benzene rings is 2. The van der Waals surface area contributed by atoms with Crippen LogP contribution in [0.1, 0.15) is 6.92 Å². The van der Waals surface area contributed by atoms with Crippen LogP contribution in [0.4, 0.5) is 5.69 Å². The molecule has 1 N–H and O–H groups in total. The van der Waals surface area contributed by atoms with E-state index in [4.69, 9.17) is 34.8 Å². The summed E-state index contributed by atoms with van der Waals surface area (Å²) in [5, 5.41) is 9.80. The fourth-order valence-corrected chi connectivity index (χ4v) is 4.52. The summed E-state index contributed by atoms with van der Waals surface area (Å²) in [5.74, 6) is -1.31. The van der Waals surface area contributed by atoms with Gasteiger partial charge in [-0.3, -0.25) is 4.31 Å². The van der Waals surface area contributed by atoms with Gasteiger partial charge in [-0.25, -0.2) is 13.2 Å². The number of carbonyl (C=O) groups is 1. The molecule has 0 aliphatic carbocycles. The molecule has 0 amide bonds. The third-order valence-corrected chi connectivity index (χ3v) is 6.09. The van der Waals surface area contributed by atoms with Gasteiger partial charge in [-0.05, 0) is 49.4 Å². The van der Waals surface area contributed by atoms with Gasteiger partial charge >= 0.3 is 5.97 Å². The summed E-state index contributed by atoms with van der Waals surface area (Å²) < 4.78 is 26.8. The SMILES string of the molecule is CC(C(=O)O)N(c1ccc(Cl)cc1)S(=O)(=O)c1cc(Cl)ccc1Cl. The summed E-state index contributed by atoms with van der Waals surface area (Å²) in [6.45, 7) is 1.26. The van der Waals surface area contributed by atoms with E-state index in [1.165, 1.54) is 49.4 Å². The Bertz CT molecular complexity index is 869. The van der Waals surface area contributed by atoms with Crippen LogP contribution in [0.15, 0.2) is 47.4 Å². The van der Waals surface area contributed by atoms with Crippen molar-refractivity contribution in [3.8, 4) is 0 Å². The Morgan fingerprint density at radius 2 is 1.58 bits per heavy atom. The number of halogens is 3. The first kappa shape index (κ1) is 18.9. The quantitative estimate of drug-likeness (QED) is 0.799. The van der Waals surface area contributed by atoms with Gasteiger partial charge in [0.05, 0.1) is 10.7 Å². The van der Waals surface area contributed by atoms with Crippen molar-refractivity contribution in [2.45, 2.75) is 17.9 Å². The second-order valence-electron chi connectivity index (χ2n) is 4.87.